The highest BCUT2D eigenvalue weighted by Crippen LogP contribution is 2.15. The molecular formula is C11H14N2OS2. The van der Waals surface area contributed by atoms with Crippen LogP contribution in [-0.2, 0) is 4.79 Å². The Morgan fingerprint density at radius 1 is 1.56 bits per heavy atom. The molecule has 86 valence electrons. The quantitative estimate of drug-likeness (QED) is 0.830. The zero-order chi connectivity index (χ0) is 12.1. The number of hydrogen-bond donors (Lipinski definition) is 1. The number of nitrogens with zero attached hydrogens (tertiary/aromatic N) is 1. The lowest BCUT2D eigenvalue weighted by Crippen LogP contribution is -2.28. The van der Waals surface area contributed by atoms with Crippen LogP contribution in [0.4, 0.5) is 5.69 Å². The van der Waals surface area contributed by atoms with E-state index >= 15 is 0 Å². The predicted molar refractivity (Wildman–Crippen MR) is 74.1 cm³/mol. The molecule has 0 fully saturated rings. The third kappa shape index (κ3) is 3.21. The van der Waals surface area contributed by atoms with Gasteiger partial charge in [0.2, 0.25) is 5.91 Å². The van der Waals surface area contributed by atoms with E-state index in [0.717, 1.165) is 11.3 Å². The standard InChI is InChI=1S/C11H14N2OS2/c1-13(10(14)7-16-2)9-5-3-4-8(6-9)11(12)15/h3-6H,7H2,1-2H3,(H2,12,15). The zero-order valence-electron chi connectivity index (χ0n) is 9.27. The van der Waals surface area contributed by atoms with Gasteiger partial charge in [0.05, 0.1) is 5.75 Å². The van der Waals surface area contributed by atoms with Crippen molar-refractivity contribution >= 4 is 40.6 Å². The summed E-state index contributed by atoms with van der Waals surface area (Å²) in [5.74, 6) is 0.529. The first-order valence-electron chi connectivity index (χ1n) is 4.71. The van der Waals surface area contributed by atoms with Gasteiger partial charge in [0, 0.05) is 18.3 Å². The first-order valence-corrected chi connectivity index (χ1v) is 6.52. The summed E-state index contributed by atoms with van der Waals surface area (Å²) in [6.07, 6.45) is 1.90. The summed E-state index contributed by atoms with van der Waals surface area (Å²) < 4.78 is 0. The highest BCUT2D eigenvalue weighted by atomic mass is 32.2. The minimum absolute atomic E-state index is 0.0626. The van der Waals surface area contributed by atoms with Gasteiger partial charge in [-0.15, -0.1) is 0 Å². The van der Waals surface area contributed by atoms with Crippen molar-refractivity contribution in [3.63, 3.8) is 0 Å². The monoisotopic (exact) mass is 254 g/mol. The highest BCUT2D eigenvalue weighted by molar-refractivity contribution is 7.99. The molecule has 0 saturated carbocycles. The van der Waals surface area contributed by atoms with Crippen LogP contribution in [0.2, 0.25) is 0 Å². The first-order chi connectivity index (χ1) is 7.56. The normalized spacial score (nSPS) is 9.88. The highest BCUT2D eigenvalue weighted by Gasteiger charge is 2.10. The lowest BCUT2D eigenvalue weighted by molar-refractivity contribution is -0.115. The molecule has 0 aliphatic carbocycles. The van der Waals surface area contributed by atoms with Crippen LogP contribution in [0.3, 0.4) is 0 Å². The van der Waals surface area contributed by atoms with Crippen LogP contribution in [0.5, 0.6) is 0 Å². The molecule has 1 amide bonds. The predicted octanol–water partition coefficient (Wildman–Crippen LogP) is 1.65. The minimum Gasteiger partial charge on any atom is -0.389 e. The van der Waals surface area contributed by atoms with E-state index < -0.39 is 0 Å². The van der Waals surface area contributed by atoms with Gasteiger partial charge in [-0.05, 0) is 18.4 Å². The summed E-state index contributed by atoms with van der Waals surface area (Å²) in [7, 11) is 1.75. The number of benzene rings is 1. The molecule has 0 spiro atoms. The molecule has 0 radical (unpaired) electrons. The van der Waals surface area contributed by atoms with Gasteiger partial charge in [0.1, 0.15) is 4.99 Å². The van der Waals surface area contributed by atoms with E-state index in [-0.39, 0.29) is 5.91 Å². The Bertz CT molecular complexity index is 407. The van der Waals surface area contributed by atoms with Crippen molar-refractivity contribution < 1.29 is 4.79 Å². The third-order valence-corrected chi connectivity index (χ3v) is 2.93. The number of thioether (sulfide) groups is 1. The molecule has 0 aliphatic rings. The van der Waals surface area contributed by atoms with Crippen LogP contribution in [0.25, 0.3) is 0 Å². The van der Waals surface area contributed by atoms with Gasteiger partial charge in [-0.25, -0.2) is 0 Å². The average molecular weight is 254 g/mol. The summed E-state index contributed by atoms with van der Waals surface area (Å²) in [5.41, 5.74) is 7.13. The maximum Gasteiger partial charge on any atom is 0.236 e. The van der Waals surface area contributed by atoms with Crippen LogP contribution in [0.15, 0.2) is 24.3 Å². The fourth-order valence-corrected chi connectivity index (χ4v) is 1.80. The second-order valence-electron chi connectivity index (χ2n) is 3.30. The first kappa shape index (κ1) is 13.0. The van der Waals surface area contributed by atoms with Gasteiger partial charge in [-0.2, -0.15) is 11.8 Å². The Hall–Kier alpha value is -1.07. The minimum atomic E-state index is 0.0626. The van der Waals surface area contributed by atoms with Crippen molar-refractivity contribution in [3.8, 4) is 0 Å². The van der Waals surface area contributed by atoms with E-state index in [1.54, 1.807) is 11.9 Å². The van der Waals surface area contributed by atoms with E-state index in [9.17, 15) is 4.79 Å². The Labute approximate surface area is 105 Å². The summed E-state index contributed by atoms with van der Waals surface area (Å²) in [6.45, 7) is 0. The third-order valence-electron chi connectivity index (χ3n) is 2.16. The molecule has 1 aromatic rings. The van der Waals surface area contributed by atoms with Gasteiger partial charge in [-0.3, -0.25) is 4.79 Å². The molecule has 0 bridgehead atoms. The second kappa shape index (κ2) is 5.86. The van der Waals surface area contributed by atoms with Crippen LogP contribution in [0.1, 0.15) is 5.56 Å². The molecule has 0 heterocycles. The largest absolute Gasteiger partial charge is 0.389 e. The van der Waals surface area contributed by atoms with Crippen LogP contribution in [0, 0.1) is 0 Å². The smallest absolute Gasteiger partial charge is 0.236 e. The fraction of sp³-hybridized carbons (Fsp3) is 0.273. The van der Waals surface area contributed by atoms with Gasteiger partial charge < -0.3 is 10.6 Å². The molecular weight excluding hydrogens is 240 g/mol. The second-order valence-corrected chi connectivity index (χ2v) is 4.61. The van der Waals surface area contributed by atoms with Gasteiger partial charge in [0.15, 0.2) is 0 Å². The SMILES string of the molecule is CSCC(=O)N(C)c1cccc(C(N)=S)c1. The van der Waals surface area contributed by atoms with Crippen molar-refractivity contribution in [1.82, 2.24) is 0 Å². The molecule has 0 atom stereocenters. The number of amides is 1. The summed E-state index contributed by atoms with van der Waals surface area (Å²) in [6, 6.07) is 7.35. The van der Waals surface area contributed by atoms with E-state index in [2.05, 4.69) is 0 Å². The van der Waals surface area contributed by atoms with Crippen molar-refractivity contribution in [2.24, 2.45) is 5.73 Å². The van der Waals surface area contributed by atoms with E-state index in [1.807, 2.05) is 30.5 Å². The summed E-state index contributed by atoms with van der Waals surface area (Å²) in [4.78, 5) is 13.6. The van der Waals surface area contributed by atoms with E-state index in [4.69, 9.17) is 18.0 Å². The maximum atomic E-state index is 11.7. The average Bonchev–Trinajstić information content (AvgIpc) is 2.28. The van der Waals surface area contributed by atoms with Gasteiger partial charge in [0.25, 0.3) is 0 Å². The molecule has 0 aliphatic heterocycles. The number of anilines is 1. The van der Waals surface area contributed by atoms with Gasteiger partial charge >= 0.3 is 0 Å². The molecule has 0 unspecified atom stereocenters. The van der Waals surface area contributed by atoms with E-state index in [0.29, 0.717) is 10.7 Å². The van der Waals surface area contributed by atoms with Crippen molar-refractivity contribution in [2.45, 2.75) is 0 Å². The summed E-state index contributed by atoms with van der Waals surface area (Å²) in [5, 5.41) is 0. The number of rotatable bonds is 4. The Morgan fingerprint density at radius 2 is 2.25 bits per heavy atom. The van der Waals surface area contributed by atoms with Gasteiger partial charge in [-0.1, -0.05) is 24.4 Å². The number of carbonyl (C=O) groups is 1. The summed E-state index contributed by atoms with van der Waals surface area (Å²) >= 11 is 6.40. The van der Waals surface area contributed by atoms with Crippen molar-refractivity contribution in [1.29, 1.82) is 0 Å². The topological polar surface area (TPSA) is 46.3 Å². The molecule has 0 saturated heterocycles. The number of carbonyl (C=O) groups excluding carboxylic acids is 1. The number of nitrogens with two attached hydrogens (primary N) is 1. The van der Waals surface area contributed by atoms with Crippen molar-refractivity contribution in [2.75, 3.05) is 24.0 Å². The Balaban J connectivity index is 2.91. The number of hydrogen-bond acceptors (Lipinski definition) is 3. The molecule has 16 heavy (non-hydrogen) atoms. The molecule has 5 heteroatoms. The Morgan fingerprint density at radius 3 is 2.81 bits per heavy atom. The lowest BCUT2D eigenvalue weighted by atomic mass is 10.2. The van der Waals surface area contributed by atoms with Crippen LogP contribution in [-0.4, -0.2) is 30.0 Å². The Kier molecular flexibility index (Phi) is 4.76. The van der Waals surface area contributed by atoms with Crippen LogP contribution >= 0.6 is 24.0 Å². The fourth-order valence-electron chi connectivity index (χ4n) is 1.23. The van der Waals surface area contributed by atoms with Crippen molar-refractivity contribution in [3.05, 3.63) is 29.8 Å². The zero-order valence-corrected chi connectivity index (χ0v) is 10.9. The maximum absolute atomic E-state index is 11.7. The molecule has 2 N–H and O–H groups in total. The molecule has 1 aromatic carbocycles. The molecule has 3 nitrogen and oxygen atoms in total. The molecule has 1 rings (SSSR count). The van der Waals surface area contributed by atoms with E-state index in [1.165, 1.54) is 11.8 Å². The lowest BCUT2D eigenvalue weighted by Gasteiger charge is -2.17. The van der Waals surface area contributed by atoms with Crippen LogP contribution < -0.4 is 10.6 Å². The number of thiocarbonyl (C=S) groups is 1. The molecule has 0 aromatic heterocycles.